The van der Waals surface area contributed by atoms with Gasteiger partial charge >= 0.3 is 0 Å². The van der Waals surface area contributed by atoms with E-state index in [0.29, 0.717) is 12.4 Å². The first-order chi connectivity index (χ1) is 11.1. The molecule has 1 amide bonds. The third-order valence-corrected chi connectivity index (χ3v) is 4.07. The van der Waals surface area contributed by atoms with Gasteiger partial charge in [0, 0.05) is 31.0 Å². The monoisotopic (exact) mass is 311 g/mol. The lowest BCUT2D eigenvalue weighted by Gasteiger charge is -2.32. The van der Waals surface area contributed by atoms with Crippen molar-refractivity contribution in [1.29, 1.82) is 0 Å². The molecular formula is C17H21N5O. The predicted molar refractivity (Wildman–Crippen MR) is 89.3 cm³/mol. The van der Waals surface area contributed by atoms with E-state index in [1.165, 1.54) is 0 Å². The van der Waals surface area contributed by atoms with Crippen LogP contribution in [0.4, 0.5) is 11.6 Å². The van der Waals surface area contributed by atoms with Gasteiger partial charge < -0.3 is 10.2 Å². The Balaban J connectivity index is 1.65. The number of aryl methyl sites for hydroxylation is 2. The van der Waals surface area contributed by atoms with E-state index in [0.717, 1.165) is 36.5 Å². The summed E-state index contributed by atoms with van der Waals surface area (Å²) >= 11 is 0. The van der Waals surface area contributed by atoms with Crippen LogP contribution in [0.15, 0.2) is 30.7 Å². The normalized spacial score (nSPS) is 17.8. The summed E-state index contributed by atoms with van der Waals surface area (Å²) in [5.74, 6) is 1.47. The summed E-state index contributed by atoms with van der Waals surface area (Å²) in [5, 5.41) is 2.91. The fourth-order valence-corrected chi connectivity index (χ4v) is 2.78. The molecule has 0 radical (unpaired) electrons. The summed E-state index contributed by atoms with van der Waals surface area (Å²) in [7, 11) is 0. The second-order valence-electron chi connectivity index (χ2n) is 6.01. The topological polar surface area (TPSA) is 71.0 Å². The van der Waals surface area contributed by atoms with Crippen molar-refractivity contribution >= 4 is 17.5 Å². The van der Waals surface area contributed by atoms with Crippen LogP contribution in [0, 0.1) is 19.8 Å². The highest BCUT2D eigenvalue weighted by molar-refractivity contribution is 5.92. The van der Waals surface area contributed by atoms with Crippen LogP contribution in [0.2, 0.25) is 0 Å². The number of carbonyl (C=O) groups excluding carboxylic acids is 1. The van der Waals surface area contributed by atoms with Gasteiger partial charge in [0.2, 0.25) is 5.91 Å². The molecule has 1 fully saturated rings. The van der Waals surface area contributed by atoms with E-state index in [4.69, 9.17) is 0 Å². The van der Waals surface area contributed by atoms with E-state index >= 15 is 0 Å². The van der Waals surface area contributed by atoms with Crippen LogP contribution in [-0.2, 0) is 4.79 Å². The van der Waals surface area contributed by atoms with Crippen molar-refractivity contribution in [3.05, 3.63) is 42.0 Å². The van der Waals surface area contributed by atoms with Crippen molar-refractivity contribution in [3.63, 3.8) is 0 Å². The minimum absolute atomic E-state index is 0.0248. The van der Waals surface area contributed by atoms with Crippen LogP contribution in [0.1, 0.15) is 24.1 Å². The van der Waals surface area contributed by atoms with Crippen LogP contribution >= 0.6 is 0 Å². The Kier molecular flexibility index (Phi) is 4.50. The number of pyridine rings is 1. The number of carbonyl (C=O) groups is 1. The zero-order valence-corrected chi connectivity index (χ0v) is 13.5. The zero-order chi connectivity index (χ0) is 16.2. The smallest absolute Gasteiger partial charge is 0.230 e. The first-order valence-corrected chi connectivity index (χ1v) is 7.89. The van der Waals surface area contributed by atoms with Gasteiger partial charge in [0.1, 0.15) is 18.0 Å². The number of hydrogen-bond acceptors (Lipinski definition) is 5. The molecule has 120 valence electrons. The molecule has 0 spiro atoms. The van der Waals surface area contributed by atoms with Crippen LogP contribution < -0.4 is 10.2 Å². The summed E-state index contributed by atoms with van der Waals surface area (Å²) in [6.07, 6.45) is 5.19. The molecule has 1 aliphatic rings. The Labute approximate surface area is 136 Å². The molecule has 1 N–H and O–H groups in total. The van der Waals surface area contributed by atoms with Crippen molar-refractivity contribution in [2.45, 2.75) is 26.7 Å². The van der Waals surface area contributed by atoms with Gasteiger partial charge in [0.15, 0.2) is 0 Å². The van der Waals surface area contributed by atoms with Gasteiger partial charge in [-0.15, -0.1) is 0 Å². The Morgan fingerprint density at radius 1 is 1.26 bits per heavy atom. The molecule has 23 heavy (non-hydrogen) atoms. The van der Waals surface area contributed by atoms with Gasteiger partial charge in [-0.05, 0) is 38.3 Å². The molecule has 2 aromatic rings. The minimum Gasteiger partial charge on any atom is -0.356 e. The summed E-state index contributed by atoms with van der Waals surface area (Å²) in [6.45, 7) is 5.51. The summed E-state index contributed by atoms with van der Waals surface area (Å²) in [5.41, 5.74) is 2.01. The largest absolute Gasteiger partial charge is 0.356 e. The molecule has 0 saturated carbocycles. The van der Waals surface area contributed by atoms with E-state index < -0.39 is 0 Å². The van der Waals surface area contributed by atoms with Crippen molar-refractivity contribution in [1.82, 2.24) is 15.0 Å². The second kappa shape index (κ2) is 6.73. The van der Waals surface area contributed by atoms with Crippen LogP contribution in [-0.4, -0.2) is 33.9 Å². The summed E-state index contributed by atoms with van der Waals surface area (Å²) in [4.78, 5) is 27.3. The Hall–Kier alpha value is -2.50. The molecule has 1 atom stereocenters. The van der Waals surface area contributed by atoms with Gasteiger partial charge in [-0.1, -0.05) is 6.07 Å². The van der Waals surface area contributed by atoms with Gasteiger partial charge in [0.25, 0.3) is 0 Å². The van der Waals surface area contributed by atoms with Crippen molar-refractivity contribution in [3.8, 4) is 0 Å². The molecule has 1 unspecified atom stereocenters. The van der Waals surface area contributed by atoms with E-state index in [-0.39, 0.29) is 11.8 Å². The maximum Gasteiger partial charge on any atom is 0.230 e. The lowest BCUT2D eigenvalue weighted by Crippen LogP contribution is -2.41. The number of hydrogen-bond donors (Lipinski definition) is 1. The van der Waals surface area contributed by atoms with Crippen LogP contribution in [0.25, 0.3) is 0 Å². The van der Waals surface area contributed by atoms with Gasteiger partial charge in [-0.25, -0.2) is 15.0 Å². The lowest BCUT2D eigenvalue weighted by molar-refractivity contribution is -0.120. The molecule has 1 saturated heterocycles. The van der Waals surface area contributed by atoms with E-state index in [9.17, 15) is 4.79 Å². The maximum atomic E-state index is 12.5. The predicted octanol–water partition coefficient (Wildman–Crippen LogP) is 2.34. The third-order valence-electron chi connectivity index (χ3n) is 4.07. The van der Waals surface area contributed by atoms with E-state index in [1.54, 1.807) is 12.5 Å². The Bertz CT molecular complexity index is 686. The van der Waals surface area contributed by atoms with Crippen molar-refractivity contribution < 1.29 is 4.79 Å². The molecule has 1 aliphatic heterocycles. The SMILES string of the molecule is Cc1ccc(NC(=O)C2CCCN(c3cc(C)ncn3)C2)nc1. The van der Waals surface area contributed by atoms with Crippen LogP contribution in [0.5, 0.6) is 0 Å². The maximum absolute atomic E-state index is 12.5. The minimum atomic E-state index is -0.0536. The van der Waals surface area contributed by atoms with Gasteiger partial charge in [0.05, 0.1) is 5.92 Å². The number of nitrogens with zero attached hydrogens (tertiary/aromatic N) is 4. The van der Waals surface area contributed by atoms with Crippen molar-refractivity contribution in [2.24, 2.45) is 5.92 Å². The number of piperidine rings is 1. The number of aromatic nitrogens is 3. The molecule has 3 heterocycles. The molecule has 6 heteroatoms. The highest BCUT2D eigenvalue weighted by Gasteiger charge is 2.26. The average molecular weight is 311 g/mol. The van der Waals surface area contributed by atoms with Gasteiger partial charge in [-0.3, -0.25) is 4.79 Å². The van der Waals surface area contributed by atoms with Gasteiger partial charge in [-0.2, -0.15) is 0 Å². The fourth-order valence-electron chi connectivity index (χ4n) is 2.78. The number of nitrogens with one attached hydrogen (secondary N) is 1. The molecule has 6 nitrogen and oxygen atoms in total. The first-order valence-electron chi connectivity index (χ1n) is 7.89. The molecular weight excluding hydrogens is 290 g/mol. The van der Waals surface area contributed by atoms with Crippen LogP contribution in [0.3, 0.4) is 0 Å². The number of amides is 1. The Morgan fingerprint density at radius 3 is 2.87 bits per heavy atom. The lowest BCUT2D eigenvalue weighted by atomic mass is 9.97. The molecule has 3 rings (SSSR count). The molecule has 0 bridgehead atoms. The Morgan fingerprint density at radius 2 is 2.13 bits per heavy atom. The number of anilines is 2. The number of rotatable bonds is 3. The highest BCUT2D eigenvalue weighted by Crippen LogP contribution is 2.22. The molecule has 2 aromatic heterocycles. The first kappa shape index (κ1) is 15.4. The van der Waals surface area contributed by atoms with E-state index in [1.807, 2.05) is 32.0 Å². The standard InChI is InChI=1S/C17H21N5O/c1-12-5-6-15(18-9-12)21-17(23)14-4-3-7-22(10-14)16-8-13(2)19-11-20-16/h5-6,8-9,11,14H,3-4,7,10H2,1-2H3,(H,18,21,23). The van der Waals surface area contributed by atoms with E-state index in [2.05, 4.69) is 25.2 Å². The molecule has 0 aliphatic carbocycles. The average Bonchev–Trinajstić information content (AvgIpc) is 2.57. The van der Waals surface area contributed by atoms with Crippen molar-refractivity contribution in [2.75, 3.05) is 23.3 Å². The zero-order valence-electron chi connectivity index (χ0n) is 13.5. The summed E-state index contributed by atoms with van der Waals surface area (Å²) < 4.78 is 0. The summed E-state index contributed by atoms with van der Waals surface area (Å²) in [6, 6.07) is 5.74. The quantitative estimate of drug-likeness (QED) is 0.942. The third kappa shape index (κ3) is 3.83. The fraction of sp³-hybridized carbons (Fsp3) is 0.412. The highest BCUT2D eigenvalue weighted by atomic mass is 16.2. The second-order valence-corrected chi connectivity index (χ2v) is 6.01. The molecule has 0 aromatic carbocycles.